The molecule has 0 aromatic heterocycles. The van der Waals surface area contributed by atoms with Crippen molar-refractivity contribution in [1.82, 2.24) is 0 Å². The monoisotopic (exact) mass is 182 g/mol. The topological polar surface area (TPSA) is 38.7 Å². The highest BCUT2D eigenvalue weighted by molar-refractivity contribution is 5.22. The Balaban J connectivity index is 1.99. The molecule has 3 unspecified atom stereocenters. The van der Waals surface area contributed by atoms with E-state index in [4.69, 9.17) is 14.6 Å². The van der Waals surface area contributed by atoms with Crippen molar-refractivity contribution in [3.05, 3.63) is 24.3 Å². The quantitative estimate of drug-likeness (QED) is 0.651. The maximum absolute atomic E-state index is 8.64. The summed E-state index contributed by atoms with van der Waals surface area (Å²) in [7, 11) is 0. The van der Waals surface area contributed by atoms with Gasteiger partial charge in [0.15, 0.2) is 0 Å². The van der Waals surface area contributed by atoms with Gasteiger partial charge < -0.3 is 14.6 Å². The number of aliphatic hydroxyl groups is 1. The van der Waals surface area contributed by atoms with Crippen LogP contribution in [0.2, 0.25) is 0 Å². The standard InChI is InChI=1S/C10H14O3/c1-7-6-8-2-3-9(13-8)10(7)12-5-4-11/h2-3,8-11H,1,4-6H2. The summed E-state index contributed by atoms with van der Waals surface area (Å²) in [4.78, 5) is 0. The Labute approximate surface area is 77.7 Å². The molecule has 0 spiro atoms. The molecule has 0 aliphatic carbocycles. The molecule has 3 nitrogen and oxygen atoms in total. The normalized spacial score (nSPS) is 37.0. The van der Waals surface area contributed by atoms with Gasteiger partial charge in [0.2, 0.25) is 0 Å². The van der Waals surface area contributed by atoms with Crippen molar-refractivity contribution in [2.24, 2.45) is 0 Å². The summed E-state index contributed by atoms with van der Waals surface area (Å²) >= 11 is 0. The Morgan fingerprint density at radius 2 is 2.46 bits per heavy atom. The van der Waals surface area contributed by atoms with Gasteiger partial charge in [-0.2, -0.15) is 0 Å². The second-order valence-electron chi connectivity index (χ2n) is 3.40. The van der Waals surface area contributed by atoms with Crippen molar-refractivity contribution in [2.75, 3.05) is 13.2 Å². The van der Waals surface area contributed by atoms with Crippen molar-refractivity contribution in [1.29, 1.82) is 0 Å². The fourth-order valence-electron chi connectivity index (χ4n) is 1.81. The third kappa shape index (κ3) is 1.68. The second-order valence-corrected chi connectivity index (χ2v) is 3.40. The van der Waals surface area contributed by atoms with E-state index < -0.39 is 0 Å². The SMILES string of the molecule is C=C1CC2C=CC(O2)C1OCCO. The first kappa shape index (κ1) is 8.94. The Kier molecular flexibility index (Phi) is 2.49. The van der Waals surface area contributed by atoms with Gasteiger partial charge in [-0.15, -0.1) is 0 Å². The fraction of sp³-hybridized carbons (Fsp3) is 0.600. The minimum Gasteiger partial charge on any atom is -0.394 e. The maximum Gasteiger partial charge on any atom is 0.108 e. The molecule has 1 fully saturated rings. The van der Waals surface area contributed by atoms with Crippen LogP contribution in [0.25, 0.3) is 0 Å². The van der Waals surface area contributed by atoms with Gasteiger partial charge in [-0.1, -0.05) is 18.7 Å². The molecule has 3 heteroatoms. The molecule has 2 aliphatic rings. The molecule has 0 amide bonds. The summed E-state index contributed by atoms with van der Waals surface area (Å²) in [5, 5.41) is 8.64. The van der Waals surface area contributed by atoms with E-state index in [1.165, 1.54) is 0 Å². The first-order chi connectivity index (χ1) is 6.31. The minimum atomic E-state index is -0.0675. The molecule has 0 aromatic rings. The van der Waals surface area contributed by atoms with Gasteiger partial charge in [-0.25, -0.2) is 0 Å². The van der Waals surface area contributed by atoms with Crippen molar-refractivity contribution in [2.45, 2.75) is 24.7 Å². The van der Waals surface area contributed by atoms with Crippen molar-refractivity contribution in [3.63, 3.8) is 0 Å². The molecule has 2 rings (SSSR count). The largest absolute Gasteiger partial charge is 0.394 e. The highest BCUT2D eigenvalue weighted by Gasteiger charge is 2.35. The van der Waals surface area contributed by atoms with Gasteiger partial charge in [0.05, 0.1) is 19.3 Å². The Morgan fingerprint density at radius 1 is 1.62 bits per heavy atom. The zero-order chi connectivity index (χ0) is 9.26. The zero-order valence-corrected chi connectivity index (χ0v) is 7.48. The van der Waals surface area contributed by atoms with Crippen LogP contribution in [0.4, 0.5) is 0 Å². The van der Waals surface area contributed by atoms with E-state index in [9.17, 15) is 0 Å². The molecule has 1 saturated heterocycles. The summed E-state index contributed by atoms with van der Waals surface area (Å²) in [5.74, 6) is 0. The summed E-state index contributed by atoms with van der Waals surface area (Å²) in [6, 6.07) is 0. The van der Waals surface area contributed by atoms with E-state index in [-0.39, 0.29) is 24.9 Å². The van der Waals surface area contributed by atoms with Crippen LogP contribution in [0, 0.1) is 0 Å². The van der Waals surface area contributed by atoms with E-state index in [1.807, 2.05) is 6.08 Å². The van der Waals surface area contributed by atoms with Crippen LogP contribution in [0.15, 0.2) is 24.3 Å². The summed E-state index contributed by atoms with van der Waals surface area (Å²) in [6.45, 7) is 4.36. The van der Waals surface area contributed by atoms with Gasteiger partial charge in [-0.3, -0.25) is 0 Å². The van der Waals surface area contributed by atoms with Crippen LogP contribution in [-0.2, 0) is 9.47 Å². The molecule has 72 valence electrons. The van der Waals surface area contributed by atoms with Gasteiger partial charge in [0, 0.05) is 6.42 Å². The number of aliphatic hydroxyl groups excluding tert-OH is 1. The number of hydrogen-bond acceptors (Lipinski definition) is 3. The Hall–Kier alpha value is -0.640. The Bertz CT molecular complexity index is 234. The molecule has 3 atom stereocenters. The molecule has 2 heterocycles. The summed E-state index contributed by atoms with van der Waals surface area (Å²) in [5.41, 5.74) is 1.07. The first-order valence-corrected chi connectivity index (χ1v) is 4.55. The van der Waals surface area contributed by atoms with Crippen LogP contribution in [-0.4, -0.2) is 36.6 Å². The lowest BCUT2D eigenvalue weighted by Gasteiger charge is -2.31. The summed E-state index contributed by atoms with van der Waals surface area (Å²) in [6.07, 6.45) is 5.05. The lowest BCUT2D eigenvalue weighted by molar-refractivity contribution is -0.0716. The molecular weight excluding hydrogens is 168 g/mol. The third-order valence-corrected chi connectivity index (χ3v) is 2.40. The third-order valence-electron chi connectivity index (χ3n) is 2.40. The van der Waals surface area contributed by atoms with Gasteiger partial charge in [-0.05, 0) is 5.57 Å². The predicted molar refractivity (Wildman–Crippen MR) is 48.4 cm³/mol. The highest BCUT2D eigenvalue weighted by Crippen LogP contribution is 2.31. The van der Waals surface area contributed by atoms with E-state index in [0.29, 0.717) is 6.61 Å². The highest BCUT2D eigenvalue weighted by atomic mass is 16.6. The molecule has 0 radical (unpaired) electrons. The van der Waals surface area contributed by atoms with Crippen molar-refractivity contribution in [3.8, 4) is 0 Å². The second kappa shape index (κ2) is 3.62. The van der Waals surface area contributed by atoms with Crippen LogP contribution in [0.1, 0.15) is 6.42 Å². The molecule has 13 heavy (non-hydrogen) atoms. The van der Waals surface area contributed by atoms with E-state index in [2.05, 4.69) is 12.7 Å². The van der Waals surface area contributed by atoms with Crippen LogP contribution < -0.4 is 0 Å². The smallest absolute Gasteiger partial charge is 0.108 e. The lowest BCUT2D eigenvalue weighted by Crippen LogP contribution is -2.37. The van der Waals surface area contributed by atoms with Crippen LogP contribution in [0.3, 0.4) is 0 Å². The van der Waals surface area contributed by atoms with Crippen LogP contribution >= 0.6 is 0 Å². The molecule has 0 saturated carbocycles. The number of rotatable bonds is 3. The van der Waals surface area contributed by atoms with Gasteiger partial charge in [0.1, 0.15) is 12.2 Å². The average Bonchev–Trinajstić information content (AvgIpc) is 2.49. The van der Waals surface area contributed by atoms with Gasteiger partial charge >= 0.3 is 0 Å². The first-order valence-electron chi connectivity index (χ1n) is 4.55. The average molecular weight is 182 g/mol. The molecule has 2 bridgehead atoms. The predicted octanol–water partition coefficient (Wildman–Crippen LogP) is 0.647. The maximum atomic E-state index is 8.64. The van der Waals surface area contributed by atoms with Crippen molar-refractivity contribution >= 4 is 0 Å². The van der Waals surface area contributed by atoms with Crippen molar-refractivity contribution < 1.29 is 14.6 Å². The minimum absolute atomic E-state index is 0.0119. The Morgan fingerprint density at radius 3 is 3.23 bits per heavy atom. The summed E-state index contributed by atoms with van der Waals surface area (Å²) < 4.78 is 11.0. The van der Waals surface area contributed by atoms with E-state index in [0.717, 1.165) is 12.0 Å². The number of ether oxygens (including phenoxy) is 2. The van der Waals surface area contributed by atoms with E-state index in [1.54, 1.807) is 0 Å². The fourth-order valence-corrected chi connectivity index (χ4v) is 1.81. The van der Waals surface area contributed by atoms with Crippen LogP contribution in [0.5, 0.6) is 0 Å². The molecule has 1 N–H and O–H groups in total. The number of fused-ring (bicyclic) bond motifs is 2. The lowest BCUT2D eigenvalue weighted by atomic mass is 10.0. The van der Waals surface area contributed by atoms with E-state index >= 15 is 0 Å². The number of hydrogen-bond donors (Lipinski definition) is 1. The molecular formula is C10H14O3. The molecule has 2 aliphatic heterocycles. The molecule has 0 aromatic carbocycles. The van der Waals surface area contributed by atoms with Gasteiger partial charge in [0.25, 0.3) is 0 Å². The zero-order valence-electron chi connectivity index (χ0n) is 7.48.